The molecule has 0 spiro atoms. The van der Waals surface area contributed by atoms with Crippen LogP contribution in [0.25, 0.3) is 0 Å². The molecule has 0 saturated heterocycles. The third kappa shape index (κ3) is 3.18. The minimum Gasteiger partial charge on any atom is -0.330 e. The fourth-order valence-corrected chi connectivity index (χ4v) is 2.43. The summed E-state index contributed by atoms with van der Waals surface area (Å²) in [7, 11) is 0. The van der Waals surface area contributed by atoms with Gasteiger partial charge in [-0.25, -0.2) is 0 Å². The molecule has 3 nitrogen and oxygen atoms in total. The molecule has 2 N–H and O–H groups in total. The molecule has 0 aliphatic heterocycles. The third-order valence-electron chi connectivity index (χ3n) is 1.08. The van der Waals surface area contributed by atoms with Crippen molar-refractivity contribution in [2.75, 3.05) is 12.3 Å². The predicted octanol–water partition coefficient (Wildman–Crippen LogP) is 1.29. The highest BCUT2D eigenvalue weighted by Gasteiger charge is 1.98. The van der Waals surface area contributed by atoms with Crippen molar-refractivity contribution in [2.45, 2.75) is 17.7 Å². The van der Waals surface area contributed by atoms with E-state index < -0.39 is 0 Å². The number of thioether (sulfide) groups is 1. The molecule has 0 aliphatic rings. The molecule has 62 valence electrons. The van der Waals surface area contributed by atoms with Crippen LogP contribution in [0, 0.1) is 6.92 Å². The predicted molar refractivity (Wildman–Crippen MR) is 49.0 cm³/mol. The van der Waals surface area contributed by atoms with E-state index in [1.807, 2.05) is 6.92 Å². The van der Waals surface area contributed by atoms with Gasteiger partial charge >= 0.3 is 0 Å². The summed E-state index contributed by atoms with van der Waals surface area (Å²) in [5.74, 6) is 1.05. The van der Waals surface area contributed by atoms with Crippen molar-refractivity contribution in [3.8, 4) is 0 Å². The first-order valence-corrected chi connectivity index (χ1v) is 5.26. The number of aromatic nitrogens is 2. The summed E-state index contributed by atoms with van der Waals surface area (Å²) >= 11 is 3.37. The smallest absolute Gasteiger partial charge is 0.174 e. The van der Waals surface area contributed by atoms with Crippen LogP contribution in [0.1, 0.15) is 11.4 Å². The lowest BCUT2D eigenvalue weighted by Gasteiger charge is -1.91. The topological polar surface area (TPSA) is 51.8 Å². The van der Waals surface area contributed by atoms with Gasteiger partial charge in [0.15, 0.2) is 4.34 Å². The fourth-order valence-electron chi connectivity index (χ4n) is 0.580. The van der Waals surface area contributed by atoms with Crippen molar-refractivity contribution in [1.82, 2.24) is 10.2 Å². The molecule has 5 heteroatoms. The Labute approximate surface area is 74.4 Å². The molecule has 0 bridgehead atoms. The molecule has 0 saturated carbocycles. The molecule has 1 aromatic heterocycles. The monoisotopic (exact) mass is 189 g/mol. The van der Waals surface area contributed by atoms with Gasteiger partial charge in [0.05, 0.1) is 0 Å². The summed E-state index contributed by atoms with van der Waals surface area (Å²) in [6.45, 7) is 2.72. The summed E-state index contributed by atoms with van der Waals surface area (Å²) in [5.41, 5.74) is 5.35. The Morgan fingerprint density at radius 2 is 2.36 bits per heavy atom. The normalized spacial score (nSPS) is 10.4. The number of rotatable bonds is 4. The first-order chi connectivity index (χ1) is 5.33. The average Bonchev–Trinajstić information content (AvgIpc) is 2.37. The van der Waals surface area contributed by atoms with E-state index in [4.69, 9.17) is 5.73 Å². The van der Waals surface area contributed by atoms with Crippen LogP contribution in [0.2, 0.25) is 0 Å². The maximum atomic E-state index is 5.35. The lowest BCUT2D eigenvalue weighted by Crippen LogP contribution is -1.99. The number of hydrogen-bond acceptors (Lipinski definition) is 5. The van der Waals surface area contributed by atoms with Crippen LogP contribution in [0.5, 0.6) is 0 Å². The van der Waals surface area contributed by atoms with Gasteiger partial charge in [-0.15, -0.1) is 10.2 Å². The third-order valence-corrected chi connectivity index (χ3v) is 3.14. The van der Waals surface area contributed by atoms with E-state index >= 15 is 0 Å². The molecule has 0 amide bonds. The Bertz CT molecular complexity index is 211. The van der Waals surface area contributed by atoms with Crippen molar-refractivity contribution in [3.63, 3.8) is 0 Å². The minimum absolute atomic E-state index is 0.755. The maximum Gasteiger partial charge on any atom is 0.174 e. The zero-order valence-corrected chi connectivity index (χ0v) is 8.04. The Hall–Kier alpha value is -0.130. The van der Waals surface area contributed by atoms with Gasteiger partial charge in [0.25, 0.3) is 0 Å². The zero-order valence-electron chi connectivity index (χ0n) is 6.41. The number of nitrogens with two attached hydrogens (primary N) is 1. The zero-order chi connectivity index (χ0) is 8.10. The van der Waals surface area contributed by atoms with E-state index in [0.29, 0.717) is 0 Å². The van der Waals surface area contributed by atoms with Crippen LogP contribution in [-0.2, 0) is 0 Å². The second-order valence-electron chi connectivity index (χ2n) is 2.08. The molecular formula is C6H11N3S2. The molecular weight excluding hydrogens is 178 g/mol. The summed E-state index contributed by atoms with van der Waals surface area (Å²) < 4.78 is 1.05. The summed E-state index contributed by atoms with van der Waals surface area (Å²) in [5, 5.41) is 8.92. The van der Waals surface area contributed by atoms with Gasteiger partial charge in [-0.05, 0) is 19.9 Å². The molecule has 0 radical (unpaired) electrons. The molecule has 1 heterocycles. The van der Waals surface area contributed by atoms with E-state index in [9.17, 15) is 0 Å². The highest BCUT2D eigenvalue weighted by molar-refractivity contribution is 8.01. The Morgan fingerprint density at radius 3 is 2.91 bits per heavy atom. The highest BCUT2D eigenvalue weighted by atomic mass is 32.2. The molecule has 0 unspecified atom stereocenters. The minimum atomic E-state index is 0.755. The van der Waals surface area contributed by atoms with Crippen LogP contribution >= 0.6 is 23.1 Å². The molecule has 0 aromatic carbocycles. The lowest BCUT2D eigenvalue weighted by atomic mass is 10.5. The Balaban J connectivity index is 2.27. The summed E-state index contributed by atoms with van der Waals surface area (Å²) in [6.07, 6.45) is 1.04. The Morgan fingerprint density at radius 1 is 1.55 bits per heavy atom. The van der Waals surface area contributed by atoms with Gasteiger partial charge < -0.3 is 5.73 Å². The van der Waals surface area contributed by atoms with Crippen molar-refractivity contribution in [3.05, 3.63) is 5.01 Å². The number of nitrogens with zero attached hydrogens (tertiary/aromatic N) is 2. The van der Waals surface area contributed by atoms with E-state index in [0.717, 1.165) is 28.1 Å². The molecule has 0 aliphatic carbocycles. The molecule has 11 heavy (non-hydrogen) atoms. The van der Waals surface area contributed by atoms with Crippen LogP contribution in [0.15, 0.2) is 4.34 Å². The highest BCUT2D eigenvalue weighted by Crippen LogP contribution is 2.21. The van der Waals surface area contributed by atoms with E-state index in [-0.39, 0.29) is 0 Å². The van der Waals surface area contributed by atoms with Gasteiger partial charge in [0.1, 0.15) is 5.01 Å². The van der Waals surface area contributed by atoms with Gasteiger partial charge in [-0.1, -0.05) is 23.1 Å². The molecule has 0 fully saturated rings. The first kappa shape index (κ1) is 8.96. The number of hydrogen-bond donors (Lipinski definition) is 1. The number of aryl methyl sites for hydroxylation is 1. The van der Waals surface area contributed by atoms with Gasteiger partial charge in [0, 0.05) is 5.75 Å². The second-order valence-corrected chi connectivity index (χ2v) is 4.60. The standard InChI is InChI=1S/C6H11N3S2/c1-5-8-9-6(11-5)10-4-2-3-7/h2-4,7H2,1H3. The van der Waals surface area contributed by atoms with Crippen molar-refractivity contribution in [2.24, 2.45) is 5.73 Å². The van der Waals surface area contributed by atoms with Crippen molar-refractivity contribution >= 4 is 23.1 Å². The van der Waals surface area contributed by atoms with E-state index in [2.05, 4.69) is 10.2 Å². The average molecular weight is 189 g/mol. The van der Waals surface area contributed by atoms with Crippen LogP contribution in [0.3, 0.4) is 0 Å². The lowest BCUT2D eigenvalue weighted by molar-refractivity contribution is 0.937. The Kier molecular flexibility index (Phi) is 3.82. The van der Waals surface area contributed by atoms with Gasteiger partial charge in [-0.3, -0.25) is 0 Å². The summed E-state index contributed by atoms with van der Waals surface area (Å²) in [4.78, 5) is 0. The molecule has 0 atom stereocenters. The fraction of sp³-hybridized carbons (Fsp3) is 0.667. The van der Waals surface area contributed by atoms with Gasteiger partial charge in [-0.2, -0.15) is 0 Å². The summed E-state index contributed by atoms with van der Waals surface area (Å²) in [6, 6.07) is 0. The van der Waals surface area contributed by atoms with Crippen LogP contribution in [0.4, 0.5) is 0 Å². The van der Waals surface area contributed by atoms with E-state index in [1.54, 1.807) is 23.1 Å². The van der Waals surface area contributed by atoms with Crippen LogP contribution < -0.4 is 5.73 Å². The second kappa shape index (κ2) is 4.69. The molecule has 1 aromatic rings. The largest absolute Gasteiger partial charge is 0.330 e. The quantitative estimate of drug-likeness (QED) is 0.573. The van der Waals surface area contributed by atoms with Crippen molar-refractivity contribution in [1.29, 1.82) is 0 Å². The van der Waals surface area contributed by atoms with Crippen molar-refractivity contribution < 1.29 is 0 Å². The van der Waals surface area contributed by atoms with Crippen LogP contribution in [-0.4, -0.2) is 22.5 Å². The maximum absolute atomic E-state index is 5.35. The first-order valence-electron chi connectivity index (χ1n) is 3.46. The van der Waals surface area contributed by atoms with Gasteiger partial charge in [0.2, 0.25) is 0 Å². The SMILES string of the molecule is Cc1nnc(SCCCN)s1. The van der Waals surface area contributed by atoms with E-state index in [1.165, 1.54) is 0 Å². The molecule has 1 rings (SSSR count).